The van der Waals surface area contributed by atoms with Crippen LogP contribution in [0.5, 0.6) is 5.75 Å². The number of benzene rings is 1. The van der Waals surface area contributed by atoms with Gasteiger partial charge in [0.05, 0.1) is 5.02 Å². The van der Waals surface area contributed by atoms with Crippen molar-refractivity contribution in [2.45, 2.75) is 32.2 Å². The highest BCUT2D eigenvalue weighted by Gasteiger charge is 2.19. The topological polar surface area (TPSA) is 55.6 Å². The van der Waals surface area contributed by atoms with E-state index in [0.717, 1.165) is 31.5 Å². The van der Waals surface area contributed by atoms with E-state index in [4.69, 9.17) is 22.1 Å². The SMILES string of the molecule is CC(N)Cc1cccc(Cl)c1OCC(=O)N1CCCC1. The number of hydrogen-bond donors (Lipinski definition) is 1. The van der Waals surface area contributed by atoms with E-state index in [1.165, 1.54) is 0 Å². The third-order valence-electron chi connectivity index (χ3n) is 3.39. The zero-order valence-electron chi connectivity index (χ0n) is 11.8. The molecule has 0 aliphatic carbocycles. The minimum absolute atomic E-state index is 0.0186. The Morgan fingerprint density at radius 1 is 1.45 bits per heavy atom. The fraction of sp³-hybridized carbons (Fsp3) is 0.533. The number of carbonyl (C=O) groups is 1. The lowest BCUT2D eigenvalue weighted by molar-refractivity contribution is -0.132. The van der Waals surface area contributed by atoms with Crippen molar-refractivity contribution < 1.29 is 9.53 Å². The van der Waals surface area contributed by atoms with Crippen molar-refractivity contribution in [3.8, 4) is 5.75 Å². The molecule has 1 aliphatic rings. The second-order valence-corrected chi connectivity index (χ2v) is 5.69. The molecule has 1 aromatic carbocycles. The van der Waals surface area contributed by atoms with E-state index >= 15 is 0 Å². The monoisotopic (exact) mass is 296 g/mol. The Hall–Kier alpha value is -1.26. The molecule has 1 atom stereocenters. The first kappa shape index (κ1) is 15.1. The lowest BCUT2D eigenvalue weighted by Crippen LogP contribution is -2.32. The van der Waals surface area contributed by atoms with Gasteiger partial charge >= 0.3 is 0 Å². The molecule has 4 nitrogen and oxygen atoms in total. The number of carbonyl (C=O) groups excluding carboxylic acids is 1. The highest BCUT2D eigenvalue weighted by molar-refractivity contribution is 6.32. The van der Waals surface area contributed by atoms with Crippen LogP contribution >= 0.6 is 11.6 Å². The standard InChI is InChI=1S/C15H21ClN2O2/c1-11(17)9-12-5-4-6-13(16)15(12)20-10-14(19)18-7-2-3-8-18/h4-6,11H,2-3,7-10,17H2,1H3. The third-order valence-corrected chi connectivity index (χ3v) is 3.69. The van der Waals surface area contributed by atoms with Crippen LogP contribution in [-0.2, 0) is 11.2 Å². The van der Waals surface area contributed by atoms with Crippen molar-refractivity contribution in [2.24, 2.45) is 5.73 Å². The Morgan fingerprint density at radius 2 is 2.15 bits per heavy atom. The molecule has 1 saturated heterocycles. The van der Waals surface area contributed by atoms with E-state index in [-0.39, 0.29) is 18.6 Å². The first-order valence-electron chi connectivity index (χ1n) is 7.01. The van der Waals surface area contributed by atoms with Gasteiger partial charge in [0.15, 0.2) is 6.61 Å². The molecule has 0 radical (unpaired) electrons. The number of halogens is 1. The summed E-state index contributed by atoms with van der Waals surface area (Å²) in [5, 5.41) is 0.525. The second-order valence-electron chi connectivity index (χ2n) is 5.29. The van der Waals surface area contributed by atoms with Crippen molar-refractivity contribution in [1.82, 2.24) is 4.90 Å². The van der Waals surface area contributed by atoms with Gasteiger partial charge in [0.2, 0.25) is 0 Å². The van der Waals surface area contributed by atoms with Crippen molar-refractivity contribution in [3.63, 3.8) is 0 Å². The maximum Gasteiger partial charge on any atom is 0.260 e. The minimum atomic E-state index is 0.0186. The maximum absolute atomic E-state index is 12.0. The fourth-order valence-corrected chi connectivity index (χ4v) is 2.66. The molecule has 2 rings (SSSR count). The molecule has 0 bridgehead atoms. The summed E-state index contributed by atoms with van der Waals surface area (Å²) in [5.74, 6) is 0.605. The van der Waals surface area contributed by atoms with Crippen LogP contribution in [0.3, 0.4) is 0 Å². The van der Waals surface area contributed by atoms with Gasteiger partial charge < -0.3 is 15.4 Å². The zero-order valence-corrected chi connectivity index (χ0v) is 12.5. The minimum Gasteiger partial charge on any atom is -0.482 e. The Labute approximate surface area is 124 Å². The molecule has 0 spiro atoms. The molecule has 0 aromatic heterocycles. The van der Waals surface area contributed by atoms with Crippen molar-refractivity contribution in [3.05, 3.63) is 28.8 Å². The second kappa shape index (κ2) is 6.95. The Kier molecular flexibility index (Phi) is 5.26. The quantitative estimate of drug-likeness (QED) is 0.906. The highest BCUT2D eigenvalue weighted by Crippen LogP contribution is 2.29. The predicted octanol–water partition coefficient (Wildman–Crippen LogP) is 2.23. The van der Waals surface area contributed by atoms with Crippen molar-refractivity contribution in [2.75, 3.05) is 19.7 Å². The van der Waals surface area contributed by atoms with Crippen molar-refractivity contribution in [1.29, 1.82) is 0 Å². The summed E-state index contributed by atoms with van der Waals surface area (Å²) in [4.78, 5) is 13.8. The third kappa shape index (κ3) is 3.87. The first-order valence-corrected chi connectivity index (χ1v) is 7.39. The summed E-state index contributed by atoms with van der Waals surface area (Å²) in [6.07, 6.45) is 2.83. The molecular weight excluding hydrogens is 276 g/mol. The van der Waals surface area contributed by atoms with Crippen LogP contribution in [-0.4, -0.2) is 36.5 Å². The van der Waals surface area contributed by atoms with Gasteiger partial charge in [0.25, 0.3) is 5.91 Å². The molecule has 1 amide bonds. The van der Waals surface area contributed by atoms with E-state index in [2.05, 4.69) is 0 Å². The molecule has 5 heteroatoms. The van der Waals surface area contributed by atoms with Crippen LogP contribution in [0, 0.1) is 0 Å². The molecule has 1 aromatic rings. The van der Waals surface area contributed by atoms with E-state index < -0.39 is 0 Å². The molecule has 1 aliphatic heterocycles. The van der Waals surface area contributed by atoms with Crippen LogP contribution in [0.4, 0.5) is 0 Å². The van der Waals surface area contributed by atoms with Gasteiger partial charge in [0, 0.05) is 19.1 Å². The average molecular weight is 297 g/mol. The molecule has 2 N–H and O–H groups in total. The van der Waals surface area contributed by atoms with E-state index in [9.17, 15) is 4.79 Å². The molecule has 1 heterocycles. The van der Waals surface area contributed by atoms with E-state index in [1.807, 2.05) is 24.0 Å². The molecule has 0 saturated carbocycles. The summed E-state index contributed by atoms with van der Waals surface area (Å²) >= 11 is 6.17. The highest BCUT2D eigenvalue weighted by atomic mass is 35.5. The molecular formula is C15H21ClN2O2. The first-order chi connectivity index (χ1) is 9.58. The summed E-state index contributed by atoms with van der Waals surface area (Å²) < 4.78 is 5.66. The van der Waals surface area contributed by atoms with Crippen LogP contribution in [0.2, 0.25) is 5.02 Å². The van der Waals surface area contributed by atoms with Crippen LogP contribution in [0.15, 0.2) is 18.2 Å². The summed E-state index contributed by atoms with van der Waals surface area (Å²) in [5.41, 5.74) is 6.77. The lowest BCUT2D eigenvalue weighted by Gasteiger charge is -2.18. The van der Waals surface area contributed by atoms with Gasteiger partial charge in [-0.1, -0.05) is 23.7 Å². The maximum atomic E-state index is 12.0. The largest absolute Gasteiger partial charge is 0.482 e. The van der Waals surface area contributed by atoms with Crippen molar-refractivity contribution >= 4 is 17.5 Å². The van der Waals surface area contributed by atoms with Gasteiger partial charge in [-0.3, -0.25) is 4.79 Å². The summed E-state index contributed by atoms with van der Waals surface area (Å²) in [6.45, 7) is 3.63. The Morgan fingerprint density at radius 3 is 2.80 bits per heavy atom. The number of rotatable bonds is 5. The van der Waals surface area contributed by atoms with E-state index in [0.29, 0.717) is 17.2 Å². The van der Waals surface area contributed by atoms with Crippen LogP contribution in [0.1, 0.15) is 25.3 Å². The lowest BCUT2D eigenvalue weighted by atomic mass is 10.1. The van der Waals surface area contributed by atoms with Crippen LogP contribution in [0.25, 0.3) is 0 Å². The fourth-order valence-electron chi connectivity index (χ4n) is 2.41. The van der Waals surface area contributed by atoms with Crippen LogP contribution < -0.4 is 10.5 Å². The molecule has 20 heavy (non-hydrogen) atoms. The summed E-state index contributed by atoms with van der Waals surface area (Å²) in [6, 6.07) is 5.59. The smallest absolute Gasteiger partial charge is 0.260 e. The number of hydrogen-bond acceptors (Lipinski definition) is 3. The Bertz CT molecular complexity index is 471. The number of likely N-dealkylation sites (tertiary alicyclic amines) is 1. The molecule has 1 unspecified atom stereocenters. The number of nitrogens with zero attached hydrogens (tertiary/aromatic N) is 1. The normalized spacial score (nSPS) is 16.2. The molecule has 1 fully saturated rings. The summed E-state index contributed by atoms with van der Waals surface area (Å²) in [7, 11) is 0. The number of para-hydroxylation sites is 1. The number of amides is 1. The van der Waals surface area contributed by atoms with Gasteiger partial charge in [-0.2, -0.15) is 0 Å². The molecule has 110 valence electrons. The number of nitrogens with two attached hydrogens (primary N) is 1. The Balaban J connectivity index is 2.02. The van der Waals surface area contributed by atoms with Gasteiger partial charge in [-0.15, -0.1) is 0 Å². The van der Waals surface area contributed by atoms with Gasteiger partial charge in [-0.05, 0) is 37.8 Å². The van der Waals surface area contributed by atoms with Gasteiger partial charge in [0.1, 0.15) is 5.75 Å². The zero-order chi connectivity index (χ0) is 14.5. The predicted molar refractivity (Wildman–Crippen MR) is 80.1 cm³/mol. The van der Waals surface area contributed by atoms with E-state index in [1.54, 1.807) is 6.07 Å². The number of ether oxygens (including phenoxy) is 1. The average Bonchev–Trinajstić information content (AvgIpc) is 2.91. The van der Waals surface area contributed by atoms with Gasteiger partial charge in [-0.25, -0.2) is 0 Å².